The van der Waals surface area contributed by atoms with E-state index in [1.54, 1.807) is 11.4 Å². The van der Waals surface area contributed by atoms with E-state index in [0.717, 1.165) is 0 Å². The summed E-state index contributed by atoms with van der Waals surface area (Å²) in [6, 6.07) is 0.846. The SMILES string of the molecule is O=C(O)C1CSCN1C(=O)Cn1cnc2sccc2c1=O. The van der Waals surface area contributed by atoms with Gasteiger partial charge in [-0.15, -0.1) is 23.1 Å². The fourth-order valence-corrected chi connectivity index (χ4v) is 4.03. The van der Waals surface area contributed by atoms with Crippen molar-refractivity contribution in [2.75, 3.05) is 11.6 Å². The van der Waals surface area contributed by atoms with Crippen LogP contribution in [0.2, 0.25) is 0 Å². The van der Waals surface area contributed by atoms with Crippen LogP contribution in [0.4, 0.5) is 0 Å². The summed E-state index contributed by atoms with van der Waals surface area (Å²) < 4.78 is 1.22. The number of thiophene rings is 1. The number of carboxylic acids is 1. The first kappa shape index (κ1) is 14.1. The number of nitrogens with zero attached hydrogens (tertiary/aromatic N) is 3. The number of rotatable bonds is 3. The predicted octanol–water partition coefficient (Wildman–Crippen LogP) is 0.444. The van der Waals surface area contributed by atoms with Crippen LogP contribution in [0.25, 0.3) is 10.2 Å². The first-order valence-corrected chi connectivity index (χ1v) is 8.14. The van der Waals surface area contributed by atoms with Crippen molar-refractivity contribution in [3.8, 4) is 0 Å². The summed E-state index contributed by atoms with van der Waals surface area (Å²) in [5.74, 6) is -0.700. The summed E-state index contributed by atoms with van der Waals surface area (Å²) in [5.41, 5.74) is -0.284. The van der Waals surface area contributed by atoms with Gasteiger partial charge in [0.2, 0.25) is 5.91 Å². The van der Waals surface area contributed by atoms with Crippen molar-refractivity contribution in [2.45, 2.75) is 12.6 Å². The Morgan fingerprint density at radius 1 is 1.48 bits per heavy atom. The molecule has 9 heteroatoms. The zero-order valence-electron chi connectivity index (χ0n) is 10.8. The van der Waals surface area contributed by atoms with E-state index in [1.165, 1.54) is 38.9 Å². The van der Waals surface area contributed by atoms with Crippen LogP contribution in [-0.4, -0.2) is 49.1 Å². The zero-order chi connectivity index (χ0) is 15.0. The molecule has 0 spiro atoms. The molecule has 110 valence electrons. The Morgan fingerprint density at radius 3 is 3.05 bits per heavy atom. The summed E-state index contributed by atoms with van der Waals surface area (Å²) in [5, 5.41) is 11.3. The summed E-state index contributed by atoms with van der Waals surface area (Å²) >= 11 is 2.75. The predicted molar refractivity (Wildman–Crippen MR) is 79.5 cm³/mol. The molecule has 1 saturated heterocycles. The molecule has 2 aromatic rings. The van der Waals surface area contributed by atoms with E-state index in [-0.39, 0.29) is 18.0 Å². The van der Waals surface area contributed by atoms with Gasteiger partial charge in [0.25, 0.3) is 5.56 Å². The lowest BCUT2D eigenvalue weighted by molar-refractivity contribution is -0.148. The van der Waals surface area contributed by atoms with Gasteiger partial charge in [-0.05, 0) is 11.4 Å². The molecule has 21 heavy (non-hydrogen) atoms. The van der Waals surface area contributed by atoms with E-state index in [0.29, 0.717) is 21.8 Å². The van der Waals surface area contributed by atoms with Gasteiger partial charge in [-0.2, -0.15) is 0 Å². The maximum absolute atomic E-state index is 12.2. The van der Waals surface area contributed by atoms with Crippen molar-refractivity contribution in [2.24, 2.45) is 0 Å². The van der Waals surface area contributed by atoms with Gasteiger partial charge in [-0.3, -0.25) is 14.2 Å². The lowest BCUT2D eigenvalue weighted by atomic mass is 10.3. The highest BCUT2D eigenvalue weighted by Crippen LogP contribution is 2.21. The molecule has 0 bridgehead atoms. The van der Waals surface area contributed by atoms with Crippen molar-refractivity contribution in [1.29, 1.82) is 0 Å². The average molecular weight is 325 g/mol. The Hall–Kier alpha value is -1.87. The molecule has 1 atom stereocenters. The third-order valence-corrected chi connectivity index (χ3v) is 5.08. The second kappa shape index (κ2) is 5.49. The number of carbonyl (C=O) groups excluding carboxylic acids is 1. The number of carboxylic acid groups (broad SMARTS) is 1. The Balaban J connectivity index is 1.85. The lowest BCUT2D eigenvalue weighted by Crippen LogP contribution is -2.44. The van der Waals surface area contributed by atoms with Gasteiger partial charge in [-0.25, -0.2) is 9.78 Å². The maximum Gasteiger partial charge on any atom is 0.327 e. The van der Waals surface area contributed by atoms with Crippen LogP contribution in [0.15, 0.2) is 22.6 Å². The molecule has 1 amide bonds. The molecule has 1 unspecified atom stereocenters. The van der Waals surface area contributed by atoms with E-state index in [4.69, 9.17) is 5.11 Å². The third kappa shape index (κ3) is 2.54. The number of hydrogen-bond donors (Lipinski definition) is 1. The number of fused-ring (bicyclic) bond motifs is 1. The highest BCUT2D eigenvalue weighted by molar-refractivity contribution is 7.99. The second-order valence-corrected chi connectivity index (χ2v) is 6.43. The van der Waals surface area contributed by atoms with Crippen molar-refractivity contribution < 1.29 is 14.7 Å². The van der Waals surface area contributed by atoms with Crippen LogP contribution in [-0.2, 0) is 16.1 Å². The minimum Gasteiger partial charge on any atom is -0.480 e. The molecule has 3 heterocycles. The fraction of sp³-hybridized carbons (Fsp3) is 0.333. The Bertz CT molecular complexity index is 769. The van der Waals surface area contributed by atoms with Gasteiger partial charge in [0.05, 0.1) is 17.6 Å². The number of thioether (sulfide) groups is 1. The third-order valence-electron chi connectivity index (χ3n) is 3.24. The van der Waals surface area contributed by atoms with Gasteiger partial charge < -0.3 is 10.0 Å². The quantitative estimate of drug-likeness (QED) is 0.880. The summed E-state index contributed by atoms with van der Waals surface area (Å²) in [6.45, 7) is -0.193. The monoisotopic (exact) mass is 325 g/mol. The van der Waals surface area contributed by atoms with Gasteiger partial charge in [-0.1, -0.05) is 0 Å². The maximum atomic E-state index is 12.2. The van der Waals surface area contributed by atoms with Crippen LogP contribution in [0, 0.1) is 0 Å². The highest BCUT2D eigenvalue weighted by atomic mass is 32.2. The van der Waals surface area contributed by atoms with Crippen LogP contribution in [0.3, 0.4) is 0 Å². The zero-order valence-corrected chi connectivity index (χ0v) is 12.4. The first-order valence-electron chi connectivity index (χ1n) is 6.10. The van der Waals surface area contributed by atoms with Gasteiger partial charge in [0, 0.05) is 5.75 Å². The number of carbonyl (C=O) groups is 2. The van der Waals surface area contributed by atoms with Crippen molar-refractivity contribution in [3.63, 3.8) is 0 Å². The first-order chi connectivity index (χ1) is 10.1. The Labute approximate surface area is 127 Å². The molecule has 1 fully saturated rings. The fourth-order valence-electron chi connectivity index (χ4n) is 2.14. The number of amides is 1. The summed E-state index contributed by atoms with van der Waals surface area (Å²) in [6.07, 6.45) is 1.33. The van der Waals surface area contributed by atoms with E-state index in [1.807, 2.05) is 0 Å². The van der Waals surface area contributed by atoms with Crippen molar-refractivity contribution in [3.05, 3.63) is 28.1 Å². The highest BCUT2D eigenvalue weighted by Gasteiger charge is 2.34. The minimum absolute atomic E-state index is 0.193. The number of aromatic nitrogens is 2. The van der Waals surface area contributed by atoms with Crippen LogP contribution in [0.5, 0.6) is 0 Å². The van der Waals surface area contributed by atoms with Crippen LogP contribution >= 0.6 is 23.1 Å². The summed E-state index contributed by atoms with van der Waals surface area (Å²) in [4.78, 5) is 41.5. The number of aliphatic carboxylic acids is 1. The molecular formula is C12H11N3O4S2. The summed E-state index contributed by atoms with van der Waals surface area (Å²) in [7, 11) is 0. The van der Waals surface area contributed by atoms with E-state index < -0.39 is 12.0 Å². The molecule has 2 aromatic heterocycles. The number of hydrogen-bond acceptors (Lipinski definition) is 6. The normalized spacial score (nSPS) is 18.3. The topological polar surface area (TPSA) is 92.5 Å². The molecular weight excluding hydrogens is 314 g/mol. The standard InChI is InChI=1S/C12H11N3O4S2/c16-9(15-6-20-4-8(15)12(18)19)3-14-5-13-10-7(11(14)17)1-2-21-10/h1-2,5,8H,3-4,6H2,(H,18,19). The van der Waals surface area contributed by atoms with Crippen molar-refractivity contribution >= 4 is 45.2 Å². The molecule has 0 saturated carbocycles. The van der Waals surface area contributed by atoms with Crippen molar-refractivity contribution in [1.82, 2.24) is 14.5 Å². The Kier molecular flexibility index (Phi) is 3.68. The van der Waals surface area contributed by atoms with E-state index in [9.17, 15) is 14.4 Å². The molecule has 7 nitrogen and oxygen atoms in total. The molecule has 3 rings (SSSR count). The minimum atomic E-state index is -1.02. The van der Waals surface area contributed by atoms with Gasteiger partial charge in [0.1, 0.15) is 17.4 Å². The molecule has 1 aliphatic heterocycles. The lowest BCUT2D eigenvalue weighted by Gasteiger charge is -2.20. The molecule has 1 N–H and O–H groups in total. The average Bonchev–Trinajstić information content (AvgIpc) is 3.09. The second-order valence-electron chi connectivity index (χ2n) is 4.53. The van der Waals surface area contributed by atoms with Crippen LogP contribution < -0.4 is 5.56 Å². The molecule has 0 aliphatic carbocycles. The molecule has 0 radical (unpaired) electrons. The van der Waals surface area contributed by atoms with Gasteiger partial charge >= 0.3 is 5.97 Å². The van der Waals surface area contributed by atoms with Gasteiger partial charge in [0.15, 0.2) is 0 Å². The van der Waals surface area contributed by atoms with Crippen LogP contribution in [0.1, 0.15) is 0 Å². The van der Waals surface area contributed by atoms with E-state index >= 15 is 0 Å². The van der Waals surface area contributed by atoms with E-state index in [2.05, 4.69) is 4.98 Å². The smallest absolute Gasteiger partial charge is 0.327 e. The molecule has 1 aliphatic rings. The molecule has 0 aromatic carbocycles. The largest absolute Gasteiger partial charge is 0.480 e. The Morgan fingerprint density at radius 2 is 2.29 bits per heavy atom.